The Morgan fingerprint density at radius 2 is 1.75 bits per heavy atom. The summed E-state index contributed by atoms with van der Waals surface area (Å²) in [6.07, 6.45) is 8.33. The minimum Gasteiger partial charge on any atom is -0.316 e. The molecule has 0 radical (unpaired) electrons. The third-order valence-electron chi connectivity index (χ3n) is 4.99. The molecular formula is C15H30N2O2S. The first-order chi connectivity index (χ1) is 9.59. The van der Waals surface area contributed by atoms with Crippen molar-refractivity contribution in [3.63, 3.8) is 0 Å². The predicted octanol–water partition coefficient (Wildman–Crippen LogP) is 2.12. The molecule has 20 heavy (non-hydrogen) atoms. The molecule has 0 amide bonds. The lowest BCUT2D eigenvalue weighted by Crippen LogP contribution is -2.39. The second-order valence-electron chi connectivity index (χ2n) is 6.64. The molecule has 5 heteroatoms. The molecule has 1 aliphatic carbocycles. The molecule has 118 valence electrons. The second kappa shape index (κ2) is 7.76. The fraction of sp³-hybridized carbons (Fsp3) is 1.00. The highest BCUT2D eigenvalue weighted by Gasteiger charge is 2.24. The molecule has 1 saturated heterocycles. The molecule has 0 bridgehead atoms. The Hall–Kier alpha value is -0.130. The van der Waals surface area contributed by atoms with Crippen LogP contribution < -0.4 is 10.0 Å². The van der Waals surface area contributed by atoms with Crippen LogP contribution >= 0.6 is 0 Å². The van der Waals surface area contributed by atoms with Crippen molar-refractivity contribution in [3.05, 3.63) is 0 Å². The summed E-state index contributed by atoms with van der Waals surface area (Å²) in [5, 5.41) is 3.28. The van der Waals surface area contributed by atoms with E-state index in [0.29, 0.717) is 18.2 Å². The number of sulfonamides is 1. The van der Waals surface area contributed by atoms with Crippen molar-refractivity contribution in [1.29, 1.82) is 0 Å². The topological polar surface area (TPSA) is 58.2 Å². The van der Waals surface area contributed by atoms with E-state index in [-0.39, 0.29) is 5.92 Å². The van der Waals surface area contributed by atoms with Gasteiger partial charge in [-0.2, -0.15) is 0 Å². The van der Waals surface area contributed by atoms with Crippen LogP contribution in [-0.2, 0) is 10.0 Å². The number of rotatable bonds is 6. The number of piperidine rings is 1. The fourth-order valence-corrected chi connectivity index (χ4v) is 5.04. The fourth-order valence-electron chi connectivity index (χ4n) is 3.52. The summed E-state index contributed by atoms with van der Waals surface area (Å²) >= 11 is 0. The Balaban J connectivity index is 1.69. The second-order valence-corrected chi connectivity index (χ2v) is 8.49. The zero-order chi connectivity index (χ0) is 14.4. The zero-order valence-corrected chi connectivity index (χ0v) is 13.6. The van der Waals surface area contributed by atoms with Gasteiger partial charge in [0.15, 0.2) is 0 Å². The van der Waals surface area contributed by atoms with Crippen LogP contribution in [0.1, 0.15) is 51.9 Å². The van der Waals surface area contributed by atoms with Crippen LogP contribution in [0.15, 0.2) is 0 Å². The highest BCUT2D eigenvalue weighted by molar-refractivity contribution is 7.89. The summed E-state index contributed by atoms with van der Waals surface area (Å²) in [6.45, 7) is 4.79. The average Bonchev–Trinajstić information content (AvgIpc) is 2.46. The van der Waals surface area contributed by atoms with Gasteiger partial charge >= 0.3 is 0 Å². The molecule has 2 aliphatic rings. The van der Waals surface area contributed by atoms with Crippen LogP contribution in [0.2, 0.25) is 0 Å². The molecule has 1 atom stereocenters. The summed E-state index contributed by atoms with van der Waals surface area (Å²) in [7, 11) is -3.09. The highest BCUT2D eigenvalue weighted by atomic mass is 32.2. The Labute approximate surface area is 124 Å². The van der Waals surface area contributed by atoms with Crippen LogP contribution in [0.25, 0.3) is 0 Å². The molecule has 2 fully saturated rings. The number of nitrogens with one attached hydrogen (secondary N) is 2. The smallest absolute Gasteiger partial charge is 0.211 e. The van der Waals surface area contributed by atoms with Gasteiger partial charge in [-0.15, -0.1) is 0 Å². The lowest BCUT2D eigenvalue weighted by molar-refractivity contribution is 0.270. The lowest BCUT2D eigenvalue weighted by atomic mass is 9.81. The van der Waals surface area contributed by atoms with E-state index in [1.54, 1.807) is 0 Å². The van der Waals surface area contributed by atoms with Crippen molar-refractivity contribution in [2.24, 2.45) is 17.8 Å². The third-order valence-corrected chi connectivity index (χ3v) is 6.51. The maximum absolute atomic E-state index is 12.1. The summed E-state index contributed by atoms with van der Waals surface area (Å²) in [4.78, 5) is 0. The van der Waals surface area contributed by atoms with Gasteiger partial charge in [-0.25, -0.2) is 13.1 Å². The van der Waals surface area contributed by atoms with Crippen LogP contribution in [0, 0.1) is 17.8 Å². The molecule has 0 spiro atoms. The predicted molar refractivity (Wildman–Crippen MR) is 83.1 cm³/mol. The molecule has 1 aliphatic heterocycles. The molecule has 1 unspecified atom stereocenters. The third kappa shape index (κ3) is 5.34. The molecule has 0 aromatic heterocycles. The van der Waals surface area contributed by atoms with E-state index in [1.807, 2.05) is 0 Å². The largest absolute Gasteiger partial charge is 0.316 e. The summed E-state index contributed by atoms with van der Waals surface area (Å²) in [6, 6.07) is 0. The van der Waals surface area contributed by atoms with Gasteiger partial charge in [0.2, 0.25) is 10.0 Å². The van der Waals surface area contributed by atoms with Crippen molar-refractivity contribution in [2.45, 2.75) is 51.9 Å². The van der Waals surface area contributed by atoms with Gasteiger partial charge < -0.3 is 5.32 Å². The zero-order valence-electron chi connectivity index (χ0n) is 12.7. The first kappa shape index (κ1) is 16.2. The van der Waals surface area contributed by atoms with Crippen molar-refractivity contribution >= 4 is 10.0 Å². The van der Waals surface area contributed by atoms with Crippen LogP contribution in [0.3, 0.4) is 0 Å². The van der Waals surface area contributed by atoms with E-state index in [2.05, 4.69) is 17.0 Å². The van der Waals surface area contributed by atoms with Crippen molar-refractivity contribution in [2.75, 3.05) is 25.4 Å². The first-order valence-corrected chi connectivity index (χ1v) is 9.92. The van der Waals surface area contributed by atoms with Crippen LogP contribution in [-0.4, -0.2) is 33.8 Å². The Kier molecular flexibility index (Phi) is 6.30. The van der Waals surface area contributed by atoms with Gasteiger partial charge in [-0.3, -0.25) is 0 Å². The van der Waals surface area contributed by atoms with E-state index in [1.165, 1.54) is 32.1 Å². The van der Waals surface area contributed by atoms with Crippen LogP contribution in [0.5, 0.6) is 0 Å². The van der Waals surface area contributed by atoms with Gasteiger partial charge in [0.1, 0.15) is 0 Å². The normalized spacial score (nSPS) is 32.1. The van der Waals surface area contributed by atoms with Gasteiger partial charge in [0.25, 0.3) is 0 Å². The summed E-state index contributed by atoms with van der Waals surface area (Å²) < 4.78 is 27.1. The van der Waals surface area contributed by atoms with E-state index >= 15 is 0 Å². The van der Waals surface area contributed by atoms with E-state index in [9.17, 15) is 8.42 Å². The van der Waals surface area contributed by atoms with Crippen molar-refractivity contribution in [3.8, 4) is 0 Å². The molecule has 1 heterocycles. The minimum absolute atomic E-state index is 0.289. The van der Waals surface area contributed by atoms with E-state index in [0.717, 1.165) is 31.8 Å². The van der Waals surface area contributed by atoms with Gasteiger partial charge in [-0.05, 0) is 56.5 Å². The van der Waals surface area contributed by atoms with Crippen molar-refractivity contribution < 1.29 is 8.42 Å². The van der Waals surface area contributed by atoms with Gasteiger partial charge in [0, 0.05) is 6.54 Å². The standard InChI is InChI=1S/C15H30N2O2S/c1-2-13-5-7-14(8-6-13)11-17-20(18,19)12-15-4-3-9-16-10-15/h13-17H,2-12H2,1H3. The lowest BCUT2D eigenvalue weighted by Gasteiger charge is -2.28. The number of hydrogen-bond donors (Lipinski definition) is 2. The molecule has 0 aromatic carbocycles. The quantitative estimate of drug-likeness (QED) is 0.790. The monoisotopic (exact) mass is 302 g/mol. The summed E-state index contributed by atoms with van der Waals surface area (Å²) in [5.41, 5.74) is 0. The van der Waals surface area contributed by atoms with E-state index in [4.69, 9.17) is 0 Å². The Morgan fingerprint density at radius 3 is 2.35 bits per heavy atom. The molecule has 0 aromatic rings. The van der Waals surface area contributed by atoms with E-state index < -0.39 is 10.0 Å². The molecular weight excluding hydrogens is 272 g/mol. The molecule has 2 rings (SSSR count). The van der Waals surface area contributed by atoms with Crippen LogP contribution in [0.4, 0.5) is 0 Å². The molecule has 2 N–H and O–H groups in total. The summed E-state index contributed by atoms with van der Waals surface area (Å²) in [5.74, 6) is 2.01. The Morgan fingerprint density at radius 1 is 1.05 bits per heavy atom. The minimum atomic E-state index is -3.09. The molecule has 1 saturated carbocycles. The van der Waals surface area contributed by atoms with Gasteiger partial charge in [-0.1, -0.05) is 26.2 Å². The maximum Gasteiger partial charge on any atom is 0.211 e. The SMILES string of the molecule is CCC1CCC(CNS(=O)(=O)CC2CCCNC2)CC1. The highest BCUT2D eigenvalue weighted by Crippen LogP contribution is 2.30. The first-order valence-electron chi connectivity index (χ1n) is 8.27. The average molecular weight is 302 g/mol. The molecule has 4 nitrogen and oxygen atoms in total. The maximum atomic E-state index is 12.1. The Bertz CT molecular complexity index is 369. The van der Waals surface area contributed by atoms with Gasteiger partial charge in [0.05, 0.1) is 5.75 Å². The number of hydrogen-bond acceptors (Lipinski definition) is 3. The van der Waals surface area contributed by atoms with Crippen molar-refractivity contribution in [1.82, 2.24) is 10.0 Å².